The molecule has 1 saturated carbocycles. The second-order valence-electron chi connectivity index (χ2n) is 9.24. The van der Waals surface area contributed by atoms with Crippen molar-refractivity contribution in [2.24, 2.45) is 5.92 Å². The Balaban J connectivity index is 1.36. The lowest BCUT2D eigenvalue weighted by Gasteiger charge is -2.29. The van der Waals surface area contributed by atoms with Crippen molar-refractivity contribution in [1.29, 1.82) is 0 Å². The van der Waals surface area contributed by atoms with E-state index in [2.05, 4.69) is 0 Å². The normalized spacial score (nSPS) is 18.2. The van der Waals surface area contributed by atoms with E-state index in [1.807, 2.05) is 19.1 Å². The lowest BCUT2D eigenvalue weighted by molar-refractivity contribution is 0.296. The van der Waals surface area contributed by atoms with E-state index in [1.165, 1.54) is 6.07 Å². The predicted octanol–water partition coefficient (Wildman–Crippen LogP) is 8.52. The average Bonchev–Trinajstić information content (AvgIpc) is 2.84. The molecule has 0 aromatic heterocycles. The molecule has 0 aliphatic heterocycles. The molecule has 3 aromatic carbocycles. The highest BCUT2D eigenvalue weighted by Gasteiger charge is 2.27. The first-order valence-electron chi connectivity index (χ1n) is 12.0. The van der Waals surface area contributed by atoms with Crippen LogP contribution in [0.15, 0.2) is 48.5 Å². The van der Waals surface area contributed by atoms with E-state index in [9.17, 15) is 17.6 Å². The van der Waals surface area contributed by atoms with E-state index in [-0.39, 0.29) is 23.8 Å². The van der Waals surface area contributed by atoms with Gasteiger partial charge in [0.05, 0.1) is 6.61 Å². The van der Waals surface area contributed by atoms with Crippen molar-refractivity contribution in [3.8, 4) is 16.9 Å². The molecule has 1 fully saturated rings. The summed E-state index contributed by atoms with van der Waals surface area (Å²) in [6, 6.07) is 13.8. The van der Waals surface area contributed by atoms with Crippen molar-refractivity contribution in [3.05, 3.63) is 88.5 Å². The van der Waals surface area contributed by atoms with Gasteiger partial charge in [-0.15, -0.1) is 0 Å². The molecule has 1 aliphatic carbocycles. The van der Waals surface area contributed by atoms with Crippen molar-refractivity contribution in [3.63, 3.8) is 0 Å². The number of benzene rings is 3. The number of ether oxygens (including phenoxy) is 1. The summed E-state index contributed by atoms with van der Waals surface area (Å²) in [7, 11) is 0. The number of hydrogen-bond acceptors (Lipinski definition) is 1. The van der Waals surface area contributed by atoms with E-state index < -0.39 is 23.3 Å². The first-order valence-corrected chi connectivity index (χ1v) is 12.0. The Morgan fingerprint density at radius 1 is 0.765 bits per heavy atom. The summed E-state index contributed by atoms with van der Waals surface area (Å²) >= 11 is 0. The topological polar surface area (TPSA) is 9.23 Å². The molecule has 0 spiro atoms. The first kappa shape index (κ1) is 24.3. The van der Waals surface area contributed by atoms with Crippen LogP contribution < -0.4 is 4.74 Å². The Morgan fingerprint density at radius 2 is 1.47 bits per heavy atom. The second-order valence-corrected chi connectivity index (χ2v) is 9.24. The minimum Gasteiger partial charge on any atom is -0.491 e. The van der Waals surface area contributed by atoms with Crippen LogP contribution in [0.5, 0.6) is 5.75 Å². The minimum atomic E-state index is -0.923. The van der Waals surface area contributed by atoms with Gasteiger partial charge in [0.2, 0.25) is 5.82 Å². The van der Waals surface area contributed by atoms with Crippen LogP contribution in [0.25, 0.3) is 11.1 Å². The molecule has 0 atom stereocenters. The summed E-state index contributed by atoms with van der Waals surface area (Å²) in [5.41, 5.74) is 2.77. The Hall–Kier alpha value is -2.82. The van der Waals surface area contributed by atoms with Crippen LogP contribution in [-0.2, 0) is 6.42 Å². The molecule has 0 amide bonds. The summed E-state index contributed by atoms with van der Waals surface area (Å²) in [5, 5.41) is 0. The highest BCUT2D eigenvalue weighted by atomic mass is 19.2. The van der Waals surface area contributed by atoms with Gasteiger partial charge in [-0.1, -0.05) is 48.0 Å². The molecule has 3 aromatic rings. The van der Waals surface area contributed by atoms with Crippen LogP contribution in [0, 0.1) is 36.1 Å². The number of hydrogen-bond donors (Lipinski definition) is 0. The number of halogens is 4. The van der Waals surface area contributed by atoms with Gasteiger partial charge >= 0.3 is 0 Å². The van der Waals surface area contributed by atoms with Gasteiger partial charge in [-0.05, 0) is 87.0 Å². The van der Waals surface area contributed by atoms with E-state index in [1.54, 1.807) is 37.3 Å². The first-order chi connectivity index (χ1) is 16.4. The van der Waals surface area contributed by atoms with Gasteiger partial charge < -0.3 is 4.74 Å². The maximum absolute atomic E-state index is 14.8. The molecule has 1 nitrogen and oxygen atoms in total. The molecule has 0 radical (unpaired) electrons. The smallest absolute Gasteiger partial charge is 0.200 e. The Bertz CT molecular complexity index is 1130. The van der Waals surface area contributed by atoms with Gasteiger partial charge in [-0.2, -0.15) is 4.39 Å². The monoisotopic (exact) mass is 470 g/mol. The Morgan fingerprint density at radius 3 is 2.15 bits per heavy atom. The zero-order valence-electron chi connectivity index (χ0n) is 19.6. The highest BCUT2D eigenvalue weighted by Crippen LogP contribution is 2.40. The van der Waals surface area contributed by atoms with Crippen molar-refractivity contribution < 1.29 is 22.3 Å². The van der Waals surface area contributed by atoms with E-state index in [0.29, 0.717) is 29.0 Å². The molecule has 0 saturated heterocycles. The van der Waals surface area contributed by atoms with Crippen molar-refractivity contribution >= 4 is 0 Å². The second kappa shape index (κ2) is 10.6. The maximum atomic E-state index is 14.8. The van der Waals surface area contributed by atoms with Gasteiger partial charge in [0.25, 0.3) is 0 Å². The van der Waals surface area contributed by atoms with Gasteiger partial charge in [0.15, 0.2) is 23.2 Å². The lowest BCUT2D eigenvalue weighted by Crippen LogP contribution is -2.16. The fourth-order valence-corrected chi connectivity index (χ4v) is 4.99. The molecule has 0 unspecified atom stereocenters. The molecule has 4 rings (SSSR count). The molecular formula is C29H30F4O. The van der Waals surface area contributed by atoms with Crippen LogP contribution in [0.4, 0.5) is 17.6 Å². The standard InChI is InChI=1S/C29H30F4O/c1-3-34-25-17-16-24(28(32)29(25)33)21-11-6-19(7-12-21)8-13-22-14-15-23(27(31)26(22)30)20-9-4-18(2)5-10-20/h4-5,9-10,14-17,19,21H,3,6-8,11-13H2,1-2H3. The van der Waals surface area contributed by atoms with Crippen LogP contribution in [0.1, 0.15) is 61.6 Å². The predicted molar refractivity (Wildman–Crippen MR) is 127 cm³/mol. The molecule has 1 aliphatic rings. The summed E-state index contributed by atoms with van der Waals surface area (Å²) in [6.45, 7) is 3.95. The van der Waals surface area contributed by atoms with Crippen LogP contribution >= 0.6 is 0 Å². The number of aryl methyl sites for hydroxylation is 2. The Labute approximate surface area is 198 Å². The van der Waals surface area contributed by atoms with Gasteiger partial charge in [0, 0.05) is 5.56 Å². The van der Waals surface area contributed by atoms with Gasteiger partial charge in [-0.3, -0.25) is 0 Å². The number of rotatable bonds is 7. The van der Waals surface area contributed by atoms with Crippen molar-refractivity contribution in [2.75, 3.05) is 6.61 Å². The SMILES string of the molecule is CCOc1ccc(C2CCC(CCc3ccc(-c4ccc(C)cc4)c(F)c3F)CC2)c(F)c1F. The summed E-state index contributed by atoms with van der Waals surface area (Å²) in [6.07, 6.45) is 4.40. The molecule has 34 heavy (non-hydrogen) atoms. The summed E-state index contributed by atoms with van der Waals surface area (Å²) < 4.78 is 63.5. The average molecular weight is 471 g/mol. The fraction of sp³-hybridized carbons (Fsp3) is 0.379. The highest BCUT2D eigenvalue weighted by molar-refractivity contribution is 5.65. The van der Waals surface area contributed by atoms with E-state index in [4.69, 9.17) is 4.74 Å². The van der Waals surface area contributed by atoms with E-state index >= 15 is 0 Å². The maximum Gasteiger partial charge on any atom is 0.200 e. The third kappa shape index (κ3) is 5.13. The van der Waals surface area contributed by atoms with Crippen LogP contribution in [-0.4, -0.2) is 6.61 Å². The van der Waals surface area contributed by atoms with Gasteiger partial charge in [-0.25, -0.2) is 13.2 Å². The molecule has 0 bridgehead atoms. The summed E-state index contributed by atoms with van der Waals surface area (Å²) in [4.78, 5) is 0. The molecule has 0 heterocycles. The molecule has 0 N–H and O–H groups in total. The zero-order chi connectivity index (χ0) is 24.2. The molecular weight excluding hydrogens is 440 g/mol. The third-order valence-corrected chi connectivity index (χ3v) is 7.01. The van der Waals surface area contributed by atoms with Crippen LogP contribution in [0.2, 0.25) is 0 Å². The van der Waals surface area contributed by atoms with Crippen molar-refractivity contribution in [2.45, 2.75) is 58.3 Å². The van der Waals surface area contributed by atoms with Crippen LogP contribution in [0.3, 0.4) is 0 Å². The Kier molecular flexibility index (Phi) is 7.60. The zero-order valence-corrected chi connectivity index (χ0v) is 19.6. The quantitative estimate of drug-likeness (QED) is 0.315. The largest absolute Gasteiger partial charge is 0.491 e. The molecule has 5 heteroatoms. The third-order valence-electron chi connectivity index (χ3n) is 7.01. The summed E-state index contributed by atoms with van der Waals surface area (Å²) in [5.74, 6) is -3.07. The lowest BCUT2D eigenvalue weighted by atomic mass is 9.76. The van der Waals surface area contributed by atoms with Gasteiger partial charge in [0.1, 0.15) is 0 Å². The fourth-order valence-electron chi connectivity index (χ4n) is 4.99. The molecule has 180 valence electrons. The van der Waals surface area contributed by atoms with E-state index in [0.717, 1.165) is 37.7 Å². The minimum absolute atomic E-state index is 0.0376. The van der Waals surface area contributed by atoms with Crippen molar-refractivity contribution in [1.82, 2.24) is 0 Å².